The van der Waals surface area contributed by atoms with Crippen LogP contribution in [0.4, 0.5) is 4.79 Å². The Morgan fingerprint density at radius 3 is 2.59 bits per heavy atom. The van der Waals surface area contributed by atoms with Gasteiger partial charge < -0.3 is 15.0 Å². The van der Waals surface area contributed by atoms with Crippen molar-refractivity contribution >= 4 is 16.9 Å². The summed E-state index contributed by atoms with van der Waals surface area (Å²) in [5.74, 6) is 2.15. The molecule has 0 bridgehead atoms. The van der Waals surface area contributed by atoms with E-state index in [0.29, 0.717) is 12.0 Å². The molecule has 1 unspecified atom stereocenters. The van der Waals surface area contributed by atoms with Gasteiger partial charge in [0.25, 0.3) is 0 Å². The van der Waals surface area contributed by atoms with Crippen molar-refractivity contribution in [2.45, 2.75) is 58.1 Å². The first kappa shape index (κ1) is 17.7. The average molecular weight is 330 g/mol. The summed E-state index contributed by atoms with van der Waals surface area (Å²) in [5, 5.41) is 3.61. The maximum Gasteiger partial charge on any atom is 0.410 e. The summed E-state index contributed by atoms with van der Waals surface area (Å²) in [5.41, 5.74) is -0.431. The molecular formula is C16H30N2O3S. The first-order valence-corrected chi connectivity index (χ1v) is 9.88. The number of carbonyl (C=O) groups excluding carboxylic acids is 1. The molecule has 0 aromatic rings. The molecule has 2 heterocycles. The second-order valence-electron chi connectivity index (χ2n) is 7.47. The average Bonchev–Trinajstić information content (AvgIpc) is 2.45. The van der Waals surface area contributed by atoms with Crippen LogP contribution in [0.3, 0.4) is 0 Å². The van der Waals surface area contributed by atoms with Crippen LogP contribution in [0.5, 0.6) is 0 Å². The van der Waals surface area contributed by atoms with Crippen molar-refractivity contribution in [3.8, 4) is 0 Å². The van der Waals surface area contributed by atoms with Gasteiger partial charge in [-0.05, 0) is 58.9 Å². The van der Waals surface area contributed by atoms with Gasteiger partial charge in [-0.25, -0.2) is 4.79 Å². The van der Waals surface area contributed by atoms with E-state index in [-0.39, 0.29) is 6.09 Å². The molecular weight excluding hydrogens is 300 g/mol. The molecule has 0 aromatic carbocycles. The summed E-state index contributed by atoms with van der Waals surface area (Å²) in [4.78, 5) is 14.0. The van der Waals surface area contributed by atoms with E-state index in [4.69, 9.17) is 4.74 Å². The van der Waals surface area contributed by atoms with Crippen LogP contribution < -0.4 is 5.32 Å². The monoisotopic (exact) mass is 330 g/mol. The fourth-order valence-corrected chi connectivity index (χ4v) is 4.35. The Labute approximate surface area is 136 Å². The number of nitrogens with zero attached hydrogens (tertiary/aromatic N) is 1. The maximum absolute atomic E-state index is 12.2. The molecule has 2 rings (SSSR count). The molecule has 0 aliphatic carbocycles. The lowest BCUT2D eigenvalue weighted by Crippen LogP contribution is -2.46. The number of ether oxygens (including phenoxy) is 1. The number of hydrogen-bond acceptors (Lipinski definition) is 4. The van der Waals surface area contributed by atoms with Crippen LogP contribution in [0.2, 0.25) is 0 Å². The topological polar surface area (TPSA) is 58.6 Å². The van der Waals surface area contributed by atoms with Gasteiger partial charge in [0.2, 0.25) is 0 Å². The normalized spacial score (nSPS) is 30.1. The summed E-state index contributed by atoms with van der Waals surface area (Å²) in [6.45, 7) is 8.23. The van der Waals surface area contributed by atoms with Crippen molar-refractivity contribution < 1.29 is 13.7 Å². The Morgan fingerprint density at radius 2 is 1.95 bits per heavy atom. The summed E-state index contributed by atoms with van der Waals surface area (Å²) in [6, 6.07) is 0.495. The molecule has 2 saturated heterocycles. The molecule has 1 N–H and O–H groups in total. The Bertz CT molecular complexity index is 399. The van der Waals surface area contributed by atoms with Crippen LogP contribution in [-0.4, -0.2) is 58.0 Å². The van der Waals surface area contributed by atoms with Crippen molar-refractivity contribution in [2.24, 2.45) is 5.92 Å². The molecule has 2 fully saturated rings. The fraction of sp³-hybridized carbons (Fsp3) is 0.938. The number of rotatable bonds is 3. The maximum atomic E-state index is 12.2. The van der Waals surface area contributed by atoms with Crippen LogP contribution in [0.15, 0.2) is 0 Å². The number of nitrogens with one attached hydrogen (secondary N) is 1. The van der Waals surface area contributed by atoms with Crippen molar-refractivity contribution in [3.63, 3.8) is 0 Å². The lowest BCUT2D eigenvalue weighted by Gasteiger charge is -2.35. The minimum Gasteiger partial charge on any atom is -0.444 e. The summed E-state index contributed by atoms with van der Waals surface area (Å²) in [6.07, 6.45) is 4.03. The third-order valence-electron chi connectivity index (χ3n) is 4.25. The lowest BCUT2D eigenvalue weighted by molar-refractivity contribution is 0.0165. The van der Waals surface area contributed by atoms with Crippen LogP contribution in [0, 0.1) is 5.92 Å². The Morgan fingerprint density at radius 1 is 1.27 bits per heavy atom. The number of carbonyl (C=O) groups is 1. The molecule has 0 saturated carbocycles. The smallest absolute Gasteiger partial charge is 0.410 e. The fourth-order valence-electron chi connectivity index (χ4n) is 3.06. The molecule has 6 heteroatoms. The van der Waals surface area contributed by atoms with E-state index in [9.17, 15) is 9.00 Å². The third kappa shape index (κ3) is 5.88. The van der Waals surface area contributed by atoms with Crippen molar-refractivity contribution in [1.82, 2.24) is 10.2 Å². The predicted octanol–water partition coefficient (Wildman–Crippen LogP) is 2.13. The van der Waals surface area contributed by atoms with Crippen LogP contribution in [-0.2, 0) is 15.5 Å². The Balaban J connectivity index is 1.73. The highest BCUT2D eigenvalue weighted by atomic mass is 32.2. The van der Waals surface area contributed by atoms with Gasteiger partial charge in [0.05, 0.1) is 0 Å². The minimum atomic E-state index is -0.600. The minimum absolute atomic E-state index is 0.190. The van der Waals surface area contributed by atoms with E-state index in [1.54, 1.807) is 0 Å². The molecule has 0 spiro atoms. The standard InChI is InChI=1S/C16H30N2O3S/c1-16(2,3)21-15(19)18-8-4-5-13(12-18)11-17-14-6-9-22(20)10-7-14/h13-14,17H,4-12H2,1-3H3. The molecule has 128 valence electrons. The first-order valence-electron chi connectivity index (χ1n) is 8.40. The second kappa shape index (κ2) is 7.77. The number of likely N-dealkylation sites (tertiary alicyclic amines) is 1. The quantitative estimate of drug-likeness (QED) is 0.861. The van der Waals surface area contributed by atoms with Crippen molar-refractivity contribution in [2.75, 3.05) is 31.1 Å². The molecule has 0 radical (unpaired) electrons. The van der Waals surface area contributed by atoms with E-state index in [1.807, 2.05) is 25.7 Å². The molecule has 5 nitrogen and oxygen atoms in total. The largest absolute Gasteiger partial charge is 0.444 e. The van der Waals surface area contributed by atoms with Gasteiger partial charge in [-0.15, -0.1) is 0 Å². The van der Waals surface area contributed by atoms with Crippen molar-refractivity contribution in [1.29, 1.82) is 0 Å². The highest BCUT2D eigenvalue weighted by Gasteiger charge is 2.28. The zero-order valence-electron chi connectivity index (χ0n) is 14.1. The predicted molar refractivity (Wildman–Crippen MR) is 89.4 cm³/mol. The van der Waals surface area contributed by atoms with Gasteiger partial charge in [0.1, 0.15) is 5.60 Å². The second-order valence-corrected chi connectivity index (χ2v) is 9.16. The lowest BCUT2D eigenvalue weighted by atomic mass is 9.97. The molecule has 1 amide bonds. The molecule has 1 atom stereocenters. The van der Waals surface area contributed by atoms with Gasteiger partial charge in [-0.2, -0.15) is 0 Å². The first-order chi connectivity index (χ1) is 10.3. The summed E-state index contributed by atoms with van der Waals surface area (Å²) >= 11 is 0. The SMILES string of the molecule is CC(C)(C)OC(=O)N1CCCC(CNC2CCS(=O)CC2)C1. The van der Waals surface area contributed by atoms with E-state index >= 15 is 0 Å². The zero-order valence-corrected chi connectivity index (χ0v) is 14.9. The Kier molecular flexibility index (Phi) is 6.26. The van der Waals surface area contributed by atoms with E-state index in [1.165, 1.54) is 0 Å². The summed E-state index contributed by atoms with van der Waals surface area (Å²) in [7, 11) is -0.600. The van der Waals surface area contributed by atoms with Gasteiger partial charge in [-0.1, -0.05) is 0 Å². The highest BCUT2D eigenvalue weighted by molar-refractivity contribution is 7.85. The Hall–Kier alpha value is -0.620. The van der Waals surface area contributed by atoms with Crippen LogP contribution >= 0.6 is 0 Å². The van der Waals surface area contributed by atoms with Gasteiger partial charge in [-0.3, -0.25) is 4.21 Å². The molecule has 2 aliphatic heterocycles. The van der Waals surface area contributed by atoms with E-state index in [0.717, 1.165) is 56.8 Å². The van der Waals surface area contributed by atoms with E-state index < -0.39 is 16.4 Å². The highest BCUT2D eigenvalue weighted by Crippen LogP contribution is 2.19. The number of hydrogen-bond donors (Lipinski definition) is 1. The summed E-state index contributed by atoms with van der Waals surface area (Å²) < 4.78 is 16.8. The number of amides is 1. The molecule has 22 heavy (non-hydrogen) atoms. The zero-order chi connectivity index (χ0) is 16.2. The van der Waals surface area contributed by atoms with Crippen molar-refractivity contribution in [3.05, 3.63) is 0 Å². The molecule has 2 aliphatic rings. The van der Waals surface area contributed by atoms with E-state index in [2.05, 4.69) is 5.32 Å². The van der Waals surface area contributed by atoms with Crippen LogP contribution in [0.25, 0.3) is 0 Å². The number of piperidine rings is 1. The third-order valence-corrected chi connectivity index (χ3v) is 5.64. The van der Waals surface area contributed by atoms with Gasteiger partial charge in [0, 0.05) is 41.4 Å². The van der Waals surface area contributed by atoms with Gasteiger partial charge >= 0.3 is 6.09 Å². The van der Waals surface area contributed by atoms with Crippen LogP contribution in [0.1, 0.15) is 46.5 Å². The molecule has 0 aromatic heterocycles. The van der Waals surface area contributed by atoms with Gasteiger partial charge in [0.15, 0.2) is 0 Å².